The highest BCUT2D eigenvalue weighted by Crippen LogP contribution is 2.19. The van der Waals surface area contributed by atoms with Crippen molar-refractivity contribution in [3.05, 3.63) is 29.8 Å². The van der Waals surface area contributed by atoms with E-state index in [1.165, 1.54) is 5.56 Å². The zero-order valence-electron chi connectivity index (χ0n) is 13.3. The predicted molar refractivity (Wildman–Crippen MR) is 83.1 cm³/mol. The fourth-order valence-corrected chi connectivity index (χ4v) is 1.82. The molecule has 0 aliphatic heterocycles. The monoisotopic (exact) mass is 277 g/mol. The normalized spacial score (nSPS) is 12.6. The van der Waals surface area contributed by atoms with Gasteiger partial charge in [0.1, 0.15) is 5.75 Å². The molecule has 1 aromatic carbocycles. The topological polar surface area (TPSA) is 38.3 Å². The van der Waals surface area contributed by atoms with Crippen LogP contribution in [0.25, 0.3) is 0 Å². The molecule has 0 aliphatic rings. The van der Waals surface area contributed by atoms with Gasteiger partial charge in [0.25, 0.3) is 5.91 Å². The Morgan fingerprint density at radius 1 is 1.10 bits per heavy atom. The van der Waals surface area contributed by atoms with E-state index in [0.717, 1.165) is 12.2 Å². The first kappa shape index (κ1) is 16.5. The Morgan fingerprint density at radius 2 is 1.70 bits per heavy atom. The number of hydrogen-bond acceptors (Lipinski definition) is 2. The SMILES string of the molecule is CC(C)CCNC(=O)C(C)Oc1ccc(C(C)C)cc1. The van der Waals surface area contributed by atoms with Gasteiger partial charge in [-0.1, -0.05) is 39.8 Å². The third-order valence-corrected chi connectivity index (χ3v) is 3.25. The number of carbonyl (C=O) groups is 1. The zero-order valence-corrected chi connectivity index (χ0v) is 13.3. The van der Waals surface area contributed by atoms with E-state index in [9.17, 15) is 4.79 Å². The van der Waals surface area contributed by atoms with E-state index in [1.807, 2.05) is 24.3 Å². The van der Waals surface area contributed by atoms with E-state index in [-0.39, 0.29) is 5.91 Å². The largest absolute Gasteiger partial charge is 0.481 e. The highest BCUT2D eigenvalue weighted by atomic mass is 16.5. The van der Waals surface area contributed by atoms with Gasteiger partial charge >= 0.3 is 0 Å². The number of benzene rings is 1. The Kier molecular flexibility index (Phi) is 6.56. The van der Waals surface area contributed by atoms with Crippen molar-refractivity contribution in [1.82, 2.24) is 5.32 Å². The molecule has 1 rings (SSSR count). The molecule has 0 bridgehead atoms. The van der Waals surface area contributed by atoms with Gasteiger partial charge in [0.2, 0.25) is 0 Å². The molecule has 112 valence electrons. The van der Waals surface area contributed by atoms with Crippen molar-refractivity contribution in [2.45, 2.75) is 53.1 Å². The number of carbonyl (C=O) groups excluding carboxylic acids is 1. The van der Waals surface area contributed by atoms with Crippen LogP contribution in [0.15, 0.2) is 24.3 Å². The van der Waals surface area contributed by atoms with Crippen LogP contribution in [0, 0.1) is 5.92 Å². The Morgan fingerprint density at radius 3 is 2.20 bits per heavy atom. The lowest BCUT2D eigenvalue weighted by molar-refractivity contribution is -0.127. The summed E-state index contributed by atoms with van der Waals surface area (Å²) < 4.78 is 5.66. The van der Waals surface area contributed by atoms with Gasteiger partial charge in [0, 0.05) is 6.54 Å². The minimum Gasteiger partial charge on any atom is -0.481 e. The number of hydrogen-bond donors (Lipinski definition) is 1. The average molecular weight is 277 g/mol. The van der Waals surface area contributed by atoms with E-state index in [0.29, 0.717) is 18.4 Å². The third kappa shape index (κ3) is 5.64. The van der Waals surface area contributed by atoms with Crippen LogP contribution < -0.4 is 10.1 Å². The molecule has 1 amide bonds. The first-order valence-electron chi connectivity index (χ1n) is 7.44. The van der Waals surface area contributed by atoms with Gasteiger partial charge in [-0.3, -0.25) is 4.79 Å². The molecule has 0 saturated heterocycles. The second kappa shape index (κ2) is 7.93. The van der Waals surface area contributed by atoms with E-state index >= 15 is 0 Å². The molecular weight excluding hydrogens is 250 g/mol. The Labute approximate surface area is 122 Å². The summed E-state index contributed by atoms with van der Waals surface area (Å²) in [6.07, 6.45) is 0.522. The first-order valence-corrected chi connectivity index (χ1v) is 7.44. The van der Waals surface area contributed by atoms with E-state index in [1.54, 1.807) is 6.92 Å². The van der Waals surface area contributed by atoms with Gasteiger partial charge in [-0.05, 0) is 42.9 Å². The second-order valence-corrected chi connectivity index (χ2v) is 5.96. The van der Waals surface area contributed by atoms with Crippen molar-refractivity contribution >= 4 is 5.91 Å². The third-order valence-electron chi connectivity index (χ3n) is 3.25. The molecule has 1 atom stereocenters. The van der Waals surface area contributed by atoms with Gasteiger partial charge < -0.3 is 10.1 Å². The molecule has 1 aromatic rings. The van der Waals surface area contributed by atoms with Crippen LogP contribution in [0.2, 0.25) is 0 Å². The van der Waals surface area contributed by atoms with Crippen LogP contribution in [0.5, 0.6) is 5.75 Å². The van der Waals surface area contributed by atoms with Crippen molar-refractivity contribution in [2.24, 2.45) is 5.92 Å². The molecule has 3 heteroatoms. The Balaban J connectivity index is 2.44. The molecule has 1 N–H and O–H groups in total. The smallest absolute Gasteiger partial charge is 0.260 e. The number of rotatable bonds is 7. The first-order chi connectivity index (χ1) is 9.40. The molecular formula is C17H27NO2. The summed E-state index contributed by atoms with van der Waals surface area (Å²) in [5.41, 5.74) is 1.27. The van der Waals surface area contributed by atoms with Crippen molar-refractivity contribution in [3.8, 4) is 5.75 Å². The maximum Gasteiger partial charge on any atom is 0.260 e. The number of ether oxygens (including phenoxy) is 1. The van der Waals surface area contributed by atoms with Crippen molar-refractivity contribution in [1.29, 1.82) is 0 Å². The highest BCUT2D eigenvalue weighted by molar-refractivity contribution is 5.80. The van der Waals surface area contributed by atoms with Crippen LogP contribution in [0.1, 0.15) is 52.5 Å². The Bertz CT molecular complexity index is 410. The molecule has 0 radical (unpaired) electrons. The van der Waals surface area contributed by atoms with Gasteiger partial charge in [0.05, 0.1) is 0 Å². The van der Waals surface area contributed by atoms with Crippen LogP contribution in [-0.4, -0.2) is 18.6 Å². The summed E-state index contributed by atoms with van der Waals surface area (Å²) in [4.78, 5) is 11.9. The average Bonchev–Trinajstić information content (AvgIpc) is 2.38. The number of amides is 1. The van der Waals surface area contributed by atoms with Gasteiger partial charge in [-0.2, -0.15) is 0 Å². The lowest BCUT2D eigenvalue weighted by atomic mass is 10.0. The number of nitrogens with one attached hydrogen (secondary N) is 1. The molecule has 3 nitrogen and oxygen atoms in total. The summed E-state index contributed by atoms with van der Waals surface area (Å²) in [5.74, 6) is 1.77. The van der Waals surface area contributed by atoms with Crippen LogP contribution in [0.3, 0.4) is 0 Å². The maximum atomic E-state index is 11.9. The standard InChI is InChI=1S/C17H27NO2/c1-12(2)10-11-18-17(19)14(5)20-16-8-6-15(7-9-16)13(3)4/h6-9,12-14H,10-11H2,1-5H3,(H,18,19). The molecule has 20 heavy (non-hydrogen) atoms. The predicted octanol–water partition coefficient (Wildman–Crippen LogP) is 3.74. The van der Waals surface area contributed by atoms with Crippen LogP contribution in [-0.2, 0) is 4.79 Å². The molecule has 0 heterocycles. The lowest BCUT2D eigenvalue weighted by Crippen LogP contribution is -2.37. The van der Waals surface area contributed by atoms with Gasteiger partial charge in [-0.25, -0.2) is 0 Å². The molecule has 0 aromatic heterocycles. The summed E-state index contributed by atoms with van der Waals surface area (Å²) in [6.45, 7) is 11.1. The quantitative estimate of drug-likeness (QED) is 0.824. The summed E-state index contributed by atoms with van der Waals surface area (Å²) >= 11 is 0. The zero-order chi connectivity index (χ0) is 15.1. The van der Waals surface area contributed by atoms with Gasteiger partial charge in [0.15, 0.2) is 6.10 Å². The molecule has 0 aliphatic carbocycles. The lowest BCUT2D eigenvalue weighted by Gasteiger charge is -2.16. The summed E-state index contributed by atoms with van der Waals surface area (Å²) in [7, 11) is 0. The molecule has 0 saturated carbocycles. The summed E-state index contributed by atoms with van der Waals surface area (Å²) in [6, 6.07) is 7.94. The van der Waals surface area contributed by atoms with Crippen molar-refractivity contribution in [2.75, 3.05) is 6.54 Å². The molecule has 0 spiro atoms. The summed E-state index contributed by atoms with van der Waals surface area (Å²) in [5, 5.41) is 2.90. The highest BCUT2D eigenvalue weighted by Gasteiger charge is 2.14. The van der Waals surface area contributed by atoms with E-state index in [4.69, 9.17) is 4.74 Å². The van der Waals surface area contributed by atoms with Gasteiger partial charge in [-0.15, -0.1) is 0 Å². The van der Waals surface area contributed by atoms with Crippen molar-refractivity contribution < 1.29 is 9.53 Å². The fourth-order valence-electron chi connectivity index (χ4n) is 1.82. The Hall–Kier alpha value is -1.51. The van der Waals surface area contributed by atoms with Crippen LogP contribution >= 0.6 is 0 Å². The second-order valence-electron chi connectivity index (χ2n) is 5.96. The van der Waals surface area contributed by atoms with E-state index in [2.05, 4.69) is 33.0 Å². The minimum atomic E-state index is -0.466. The van der Waals surface area contributed by atoms with E-state index < -0.39 is 6.10 Å². The fraction of sp³-hybridized carbons (Fsp3) is 0.588. The molecule has 1 unspecified atom stereocenters. The molecule has 0 fully saturated rings. The van der Waals surface area contributed by atoms with Crippen LogP contribution in [0.4, 0.5) is 0 Å². The minimum absolute atomic E-state index is 0.0569. The van der Waals surface area contributed by atoms with Crippen molar-refractivity contribution in [3.63, 3.8) is 0 Å². The maximum absolute atomic E-state index is 11.9.